The summed E-state index contributed by atoms with van der Waals surface area (Å²) in [7, 11) is 3.19. The van der Waals surface area contributed by atoms with Crippen molar-refractivity contribution >= 4 is 46.3 Å². The summed E-state index contributed by atoms with van der Waals surface area (Å²) in [6, 6.07) is 19.0. The van der Waals surface area contributed by atoms with E-state index < -0.39 is 0 Å². The number of fused-ring (bicyclic) bond motifs is 3. The van der Waals surface area contributed by atoms with Crippen LogP contribution >= 0.6 is 34.5 Å². The molecule has 6 rings (SSSR count). The molecule has 4 aromatic rings. The number of hydrogen-bond donors (Lipinski definition) is 0. The maximum absolute atomic E-state index is 13.9. The van der Waals surface area contributed by atoms with Gasteiger partial charge in [0.05, 0.1) is 30.5 Å². The number of rotatable bonds is 4. The van der Waals surface area contributed by atoms with Crippen LogP contribution in [0.3, 0.4) is 0 Å². The first-order chi connectivity index (χ1) is 18.0. The van der Waals surface area contributed by atoms with E-state index in [4.69, 9.17) is 37.7 Å². The molecule has 3 aromatic carbocycles. The van der Waals surface area contributed by atoms with E-state index in [9.17, 15) is 4.79 Å². The molecule has 186 valence electrons. The first-order valence-electron chi connectivity index (χ1n) is 11.8. The Morgan fingerprint density at radius 3 is 2.59 bits per heavy atom. The number of ether oxygens (including phenoxy) is 2. The average Bonchev–Trinajstić information content (AvgIpc) is 3.22. The van der Waals surface area contributed by atoms with Gasteiger partial charge in [-0.2, -0.15) is 0 Å². The molecular formula is C29H22Cl2N2O3S. The van der Waals surface area contributed by atoms with Crippen molar-refractivity contribution in [3.05, 3.63) is 118 Å². The van der Waals surface area contributed by atoms with Crippen molar-refractivity contribution in [3.8, 4) is 11.5 Å². The van der Waals surface area contributed by atoms with Crippen LogP contribution < -0.4 is 24.4 Å². The van der Waals surface area contributed by atoms with Gasteiger partial charge in [-0.25, -0.2) is 4.99 Å². The summed E-state index contributed by atoms with van der Waals surface area (Å²) in [4.78, 5) is 19.6. The number of benzene rings is 3. The zero-order chi connectivity index (χ0) is 25.7. The molecular weight excluding hydrogens is 527 g/mol. The summed E-state index contributed by atoms with van der Waals surface area (Å²) >= 11 is 14.3. The number of hydrogen-bond acceptors (Lipinski definition) is 5. The van der Waals surface area contributed by atoms with Crippen molar-refractivity contribution in [2.45, 2.75) is 18.9 Å². The van der Waals surface area contributed by atoms with Gasteiger partial charge in [-0.1, -0.05) is 70.9 Å². The van der Waals surface area contributed by atoms with Crippen molar-refractivity contribution in [2.75, 3.05) is 14.2 Å². The fraction of sp³-hybridized carbons (Fsp3) is 0.172. The molecule has 37 heavy (non-hydrogen) atoms. The van der Waals surface area contributed by atoms with Gasteiger partial charge in [-0.15, -0.1) is 0 Å². The summed E-state index contributed by atoms with van der Waals surface area (Å²) in [6.07, 6.45) is 3.53. The second kappa shape index (κ2) is 9.53. The minimum absolute atomic E-state index is 0.111. The number of allylic oxidation sites excluding steroid dienone is 1. The van der Waals surface area contributed by atoms with Gasteiger partial charge in [0, 0.05) is 15.6 Å². The molecule has 0 amide bonds. The van der Waals surface area contributed by atoms with Crippen LogP contribution in [0.1, 0.15) is 34.7 Å². The number of thiazole rings is 1. The Kier molecular flexibility index (Phi) is 6.19. The van der Waals surface area contributed by atoms with Crippen molar-refractivity contribution in [1.82, 2.24) is 4.57 Å². The standard InChI is InChI=1S/C29H22Cl2N2O3S/c1-35-23-12-7-16(13-24(23)36-2)14-25-28(34)33-27(20-11-9-18(30)15-22(20)31)21-10-8-17-5-3-4-6-19(17)26(21)32-29(33)37-25/h3-7,9,11-15,27H,8,10H2,1-2H3. The van der Waals surface area contributed by atoms with Crippen molar-refractivity contribution in [1.29, 1.82) is 0 Å². The molecule has 2 heterocycles. The Labute approximate surface area is 227 Å². The van der Waals surface area contributed by atoms with Gasteiger partial charge in [-0.3, -0.25) is 9.36 Å². The molecule has 1 atom stereocenters. The second-order valence-electron chi connectivity index (χ2n) is 8.89. The zero-order valence-electron chi connectivity index (χ0n) is 20.1. The molecule has 1 aliphatic carbocycles. The highest BCUT2D eigenvalue weighted by Crippen LogP contribution is 2.43. The maximum atomic E-state index is 13.9. The molecule has 0 spiro atoms. The quantitative estimate of drug-likeness (QED) is 0.331. The molecule has 1 aromatic heterocycles. The fourth-order valence-electron chi connectivity index (χ4n) is 5.12. The fourth-order valence-corrected chi connectivity index (χ4v) is 6.63. The smallest absolute Gasteiger partial charge is 0.271 e. The van der Waals surface area contributed by atoms with E-state index in [-0.39, 0.29) is 11.6 Å². The van der Waals surface area contributed by atoms with Crippen LogP contribution in [0.15, 0.2) is 76.0 Å². The van der Waals surface area contributed by atoms with Gasteiger partial charge in [0.2, 0.25) is 0 Å². The van der Waals surface area contributed by atoms with Crippen LogP contribution in [-0.2, 0) is 6.42 Å². The van der Waals surface area contributed by atoms with Gasteiger partial charge in [0.15, 0.2) is 16.3 Å². The predicted octanol–water partition coefficient (Wildman–Crippen LogP) is 5.64. The molecule has 5 nitrogen and oxygen atoms in total. The number of halogens is 2. The average molecular weight is 549 g/mol. The van der Waals surface area contributed by atoms with Crippen molar-refractivity contribution in [2.24, 2.45) is 4.99 Å². The van der Waals surface area contributed by atoms with Crippen LogP contribution in [-0.4, -0.2) is 18.8 Å². The normalized spacial score (nSPS) is 16.5. The minimum atomic E-state index is -0.364. The van der Waals surface area contributed by atoms with E-state index in [0.29, 0.717) is 30.9 Å². The summed E-state index contributed by atoms with van der Waals surface area (Å²) < 4.78 is 13.2. The predicted molar refractivity (Wildman–Crippen MR) is 149 cm³/mol. The highest BCUT2D eigenvalue weighted by Gasteiger charge is 2.33. The summed E-state index contributed by atoms with van der Waals surface area (Å²) in [5.74, 6) is 1.23. The Morgan fingerprint density at radius 1 is 1.00 bits per heavy atom. The van der Waals surface area contributed by atoms with Crippen LogP contribution in [0.25, 0.3) is 11.8 Å². The van der Waals surface area contributed by atoms with E-state index in [1.54, 1.807) is 24.9 Å². The Morgan fingerprint density at radius 2 is 1.81 bits per heavy atom. The van der Waals surface area contributed by atoms with E-state index >= 15 is 0 Å². The first kappa shape index (κ1) is 24.0. The highest BCUT2D eigenvalue weighted by atomic mass is 35.5. The van der Waals surface area contributed by atoms with Crippen LogP contribution in [0, 0.1) is 0 Å². The molecule has 8 heteroatoms. The minimum Gasteiger partial charge on any atom is -0.493 e. The molecule has 0 saturated carbocycles. The number of methoxy groups -OCH3 is 2. The molecule has 0 fully saturated rings. The molecule has 0 N–H and O–H groups in total. The summed E-state index contributed by atoms with van der Waals surface area (Å²) in [6.45, 7) is 0. The number of nitrogens with zero attached hydrogens (tertiary/aromatic N) is 2. The van der Waals surface area contributed by atoms with E-state index in [2.05, 4.69) is 18.2 Å². The lowest BCUT2D eigenvalue weighted by Crippen LogP contribution is -2.38. The second-order valence-corrected chi connectivity index (χ2v) is 10.7. The summed E-state index contributed by atoms with van der Waals surface area (Å²) in [5.41, 5.74) is 5.95. The number of aryl methyl sites for hydroxylation is 1. The largest absolute Gasteiger partial charge is 0.493 e. The SMILES string of the molecule is COc1ccc(C=c2sc3n(c2=O)C(c2ccc(Cl)cc2Cl)C2=C(N=3)c3ccccc3CC2)cc1OC. The molecule has 1 aliphatic heterocycles. The molecule has 1 unspecified atom stereocenters. The molecule has 0 radical (unpaired) electrons. The lowest BCUT2D eigenvalue weighted by Gasteiger charge is -2.31. The van der Waals surface area contributed by atoms with E-state index in [1.165, 1.54) is 16.9 Å². The van der Waals surface area contributed by atoms with E-state index in [1.807, 2.05) is 42.5 Å². The van der Waals surface area contributed by atoms with Crippen molar-refractivity contribution < 1.29 is 9.47 Å². The lowest BCUT2D eigenvalue weighted by atomic mass is 9.83. The third-order valence-electron chi connectivity index (χ3n) is 6.84. The highest BCUT2D eigenvalue weighted by molar-refractivity contribution is 7.07. The van der Waals surface area contributed by atoms with Gasteiger partial charge in [0.25, 0.3) is 5.56 Å². The van der Waals surface area contributed by atoms with Gasteiger partial charge >= 0.3 is 0 Å². The Bertz CT molecular complexity index is 1770. The van der Waals surface area contributed by atoms with Crippen LogP contribution in [0.5, 0.6) is 11.5 Å². The molecule has 0 saturated heterocycles. The monoisotopic (exact) mass is 548 g/mol. The molecule has 2 aliphatic rings. The van der Waals surface area contributed by atoms with Gasteiger partial charge in [-0.05, 0) is 65.4 Å². The van der Waals surface area contributed by atoms with Gasteiger partial charge in [0.1, 0.15) is 0 Å². The third kappa shape index (κ3) is 4.09. The number of aromatic nitrogens is 1. The summed E-state index contributed by atoms with van der Waals surface area (Å²) in [5, 5.41) is 1.08. The Hall–Kier alpha value is -3.32. The maximum Gasteiger partial charge on any atom is 0.271 e. The van der Waals surface area contributed by atoms with Crippen molar-refractivity contribution in [3.63, 3.8) is 0 Å². The Balaban J connectivity index is 1.60. The van der Waals surface area contributed by atoms with Crippen LogP contribution in [0.2, 0.25) is 10.0 Å². The first-order valence-corrected chi connectivity index (χ1v) is 13.4. The zero-order valence-corrected chi connectivity index (χ0v) is 22.5. The lowest BCUT2D eigenvalue weighted by molar-refractivity contribution is 0.355. The topological polar surface area (TPSA) is 52.8 Å². The molecule has 0 bridgehead atoms. The van der Waals surface area contributed by atoms with Crippen LogP contribution in [0.4, 0.5) is 0 Å². The van der Waals surface area contributed by atoms with Gasteiger partial charge < -0.3 is 9.47 Å². The third-order valence-corrected chi connectivity index (χ3v) is 8.38. The van der Waals surface area contributed by atoms with E-state index in [0.717, 1.165) is 40.8 Å².